The molecule has 0 atom stereocenters. The van der Waals surface area contributed by atoms with Crippen LogP contribution in [0.15, 0.2) is 0 Å². The van der Waals surface area contributed by atoms with Crippen LogP contribution in [0.2, 0.25) is 0 Å². The molecular weight excluding hydrogens is 107 g/mol. The Kier molecular flexibility index (Phi) is 7.60. The highest BCUT2D eigenvalue weighted by molar-refractivity contribution is 7.27. The van der Waals surface area contributed by atoms with Gasteiger partial charge in [-0.15, -0.1) is 0 Å². The molecule has 0 bridgehead atoms. The summed E-state index contributed by atoms with van der Waals surface area (Å²) in [4.78, 5) is 17.0. The fourth-order valence-electron chi connectivity index (χ4n) is 0. The quantitative estimate of drug-likeness (QED) is 0.265. The van der Waals surface area contributed by atoms with Gasteiger partial charge in [0.2, 0.25) is 0 Å². The molecule has 4 radical (unpaired) electrons. The normalized spacial score (nSPS) is 5.20. The van der Waals surface area contributed by atoms with Crippen LogP contribution in [0.5, 0.6) is 0 Å². The van der Waals surface area contributed by atoms with Crippen molar-refractivity contribution in [1.82, 2.24) is 0 Å². The summed E-state index contributed by atoms with van der Waals surface area (Å²) in [5.74, 6) is 0. The molecule has 0 aliphatic heterocycles. The molecule has 0 aromatic carbocycles. The fourth-order valence-corrected chi connectivity index (χ4v) is 0. The van der Waals surface area contributed by atoms with E-state index in [4.69, 9.17) is 14.4 Å². The van der Waals surface area contributed by atoms with E-state index < -0.39 is 8.25 Å². The van der Waals surface area contributed by atoms with Crippen molar-refractivity contribution in [2.45, 2.75) is 0 Å². The van der Waals surface area contributed by atoms with Gasteiger partial charge in [0.15, 0.2) is 0 Å². The molecular formula is O3PSi-. The fraction of sp³-hybridized carbons (Fsp3) is 0. The summed E-state index contributed by atoms with van der Waals surface area (Å²) in [5.41, 5.74) is 0. The lowest BCUT2D eigenvalue weighted by molar-refractivity contribution is -0.297. The largest absolute Gasteiger partial charge is 0.598 e. The average Bonchev–Trinajstić information content (AvgIpc) is 0.811. The highest BCUT2D eigenvalue weighted by atomic mass is 31.1. The first kappa shape index (κ1) is 8.97. The molecule has 0 amide bonds. The molecule has 0 aliphatic carbocycles. The lowest BCUT2D eigenvalue weighted by Crippen LogP contribution is -1.97. The Balaban J connectivity index is 0. The monoisotopic (exact) mass is 107 g/mol. The summed E-state index contributed by atoms with van der Waals surface area (Å²) in [5, 5.41) is 0. The first-order valence-electron chi connectivity index (χ1n) is 0.548. The van der Waals surface area contributed by atoms with Crippen molar-refractivity contribution in [2.75, 3.05) is 0 Å². The van der Waals surface area contributed by atoms with Gasteiger partial charge >= 0.3 is 0 Å². The van der Waals surface area contributed by atoms with Gasteiger partial charge in [0.05, 0.1) is 0 Å². The summed E-state index contributed by atoms with van der Waals surface area (Å²) >= 11 is 0. The highest BCUT2D eigenvalue weighted by Crippen LogP contribution is 1.79. The lowest BCUT2D eigenvalue weighted by Gasteiger charge is -1.75. The molecule has 0 rings (SSSR count). The van der Waals surface area contributed by atoms with Gasteiger partial charge in [0.25, 0.3) is 8.25 Å². The summed E-state index contributed by atoms with van der Waals surface area (Å²) in [6, 6.07) is 0. The Morgan fingerprint density at radius 1 is 1.40 bits per heavy atom. The summed E-state index contributed by atoms with van der Waals surface area (Å²) < 4.78 is 8.48. The van der Waals surface area contributed by atoms with E-state index in [1.807, 2.05) is 0 Å². The molecule has 5 heteroatoms. The van der Waals surface area contributed by atoms with E-state index in [2.05, 4.69) is 0 Å². The Labute approximate surface area is 34.6 Å². The van der Waals surface area contributed by atoms with Gasteiger partial charge in [0.1, 0.15) is 0 Å². The van der Waals surface area contributed by atoms with Crippen molar-refractivity contribution in [3.05, 3.63) is 0 Å². The van der Waals surface area contributed by atoms with E-state index in [1.54, 1.807) is 0 Å². The van der Waals surface area contributed by atoms with Gasteiger partial charge in [-0.3, -0.25) is 0 Å². The van der Waals surface area contributed by atoms with Crippen molar-refractivity contribution in [2.24, 2.45) is 0 Å². The maximum Gasteiger partial charge on any atom is 0.276 e. The maximum absolute atomic E-state index is 8.48. The third-order valence-electron chi connectivity index (χ3n) is 0. The van der Waals surface area contributed by atoms with Gasteiger partial charge in [-0.25, -0.2) is 0 Å². The van der Waals surface area contributed by atoms with Crippen molar-refractivity contribution in [1.29, 1.82) is 0 Å². The average molecular weight is 107 g/mol. The van der Waals surface area contributed by atoms with E-state index in [1.165, 1.54) is 0 Å². The molecule has 0 fully saturated rings. The second-order valence-corrected chi connectivity index (χ2v) is 0.671. The van der Waals surface area contributed by atoms with Crippen molar-refractivity contribution in [3.63, 3.8) is 0 Å². The summed E-state index contributed by atoms with van der Waals surface area (Å²) in [7, 11) is -3.37. The lowest BCUT2D eigenvalue weighted by atomic mass is 15.8. The van der Waals surface area contributed by atoms with Crippen LogP contribution in [0.4, 0.5) is 0 Å². The van der Waals surface area contributed by atoms with Gasteiger partial charge in [-0.2, -0.15) is 0 Å². The van der Waals surface area contributed by atoms with Crippen LogP contribution in [0, 0.1) is 0 Å². The zero-order valence-corrected chi connectivity index (χ0v) is 4.07. The molecule has 0 heterocycles. The Morgan fingerprint density at radius 2 is 1.40 bits per heavy atom. The van der Waals surface area contributed by atoms with Gasteiger partial charge in [-0.05, 0) is 0 Å². The van der Waals surface area contributed by atoms with Crippen molar-refractivity contribution in [3.8, 4) is 0 Å². The standard InChI is InChI=1S/HO3P.Si/c1-4(2)3;/h(H,1,2,3);/p-1. The zero-order valence-electron chi connectivity index (χ0n) is 2.17. The Bertz CT molecular complexity index is 29.9. The topological polar surface area (TPSA) is 63.2 Å². The Morgan fingerprint density at radius 3 is 1.40 bits per heavy atom. The van der Waals surface area contributed by atoms with Crippen LogP contribution in [0.25, 0.3) is 0 Å². The van der Waals surface area contributed by atoms with E-state index >= 15 is 0 Å². The molecule has 0 saturated heterocycles. The summed E-state index contributed by atoms with van der Waals surface area (Å²) in [6.45, 7) is 0. The van der Waals surface area contributed by atoms with E-state index in [0.717, 1.165) is 0 Å². The van der Waals surface area contributed by atoms with Crippen molar-refractivity contribution >= 4 is 19.2 Å². The number of rotatable bonds is 0. The second kappa shape index (κ2) is 4.24. The van der Waals surface area contributed by atoms with Crippen LogP contribution < -0.4 is 9.79 Å². The van der Waals surface area contributed by atoms with E-state index in [0.29, 0.717) is 0 Å². The van der Waals surface area contributed by atoms with Gasteiger partial charge in [0, 0.05) is 11.0 Å². The molecule has 0 aromatic heterocycles. The predicted molar refractivity (Wildman–Crippen MR) is 13.4 cm³/mol. The predicted octanol–water partition coefficient (Wildman–Crippen LogP) is -2.02. The molecule has 0 spiro atoms. The van der Waals surface area contributed by atoms with Crippen LogP contribution in [-0.4, -0.2) is 11.0 Å². The molecule has 0 aromatic rings. The molecule has 0 N–H and O–H groups in total. The number of hydrogen-bond acceptors (Lipinski definition) is 3. The van der Waals surface area contributed by atoms with E-state index in [-0.39, 0.29) is 11.0 Å². The minimum atomic E-state index is -3.37. The van der Waals surface area contributed by atoms with Gasteiger partial charge in [-0.1, -0.05) is 4.57 Å². The smallest absolute Gasteiger partial charge is 0.276 e. The van der Waals surface area contributed by atoms with Crippen molar-refractivity contribution < 1.29 is 14.4 Å². The van der Waals surface area contributed by atoms with Crippen LogP contribution >= 0.6 is 8.25 Å². The highest BCUT2D eigenvalue weighted by Gasteiger charge is 1.53. The minimum Gasteiger partial charge on any atom is -0.598 e. The maximum atomic E-state index is 8.48. The zero-order chi connectivity index (χ0) is 3.58. The molecule has 3 nitrogen and oxygen atoms in total. The molecule has 0 saturated carbocycles. The second-order valence-electron chi connectivity index (χ2n) is 0.224. The molecule has 28 valence electrons. The van der Waals surface area contributed by atoms with Crippen LogP contribution in [0.3, 0.4) is 0 Å². The van der Waals surface area contributed by atoms with E-state index in [9.17, 15) is 0 Å². The minimum absolute atomic E-state index is 0. The van der Waals surface area contributed by atoms with Crippen LogP contribution in [-0.2, 0) is 4.57 Å². The summed E-state index contributed by atoms with van der Waals surface area (Å²) in [6.07, 6.45) is 0. The molecule has 0 unspecified atom stereocenters. The third-order valence-corrected chi connectivity index (χ3v) is 0. The first-order chi connectivity index (χ1) is 1.73. The van der Waals surface area contributed by atoms with Crippen LogP contribution in [0.1, 0.15) is 0 Å². The Hall–Kier alpha value is 0.237. The molecule has 5 heavy (non-hydrogen) atoms. The molecule has 0 aliphatic rings. The third kappa shape index (κ3) is 378. The SMILES string of the molecule is O=[P+]([O-])[O-].[Si]. The first-order valence-corrected chi connectivity index (χ1v) is 1.64. The van der Waals surface area contributed by atoms with Gasteiger partial charge < -0.3 is 9.79 Å². The number of hydrogen-bond donors (Lipinski definition) is 0.